The molecule has 0 aromatic carbocycles. The Labute approximate surface area is 72.8 Å². The molecule has 3 heteroatoms. The van der Waals surface area contributed by atoms with Gasteiger partial charge in [0.15, 0.2) is 0 Å². The fourth-order valence-electron chi connectivity index (χ4n) is 1.47. The molecule has 1 aliphatic heterocycles. The molecule has 0 saturated carbocycles. The predicted octanol–water partition coefficient (Wildman–Crippen LogP) is 1.67. The third-order valence-electron chi connectivity index (χ3n) is 2.14. The highest BCUT2D eigenvalue weighted by Gasteiger charge is 2.31. The number of hydrogen-bond acceptors (Lipinski definition) is 2. The van der Waals surface area contributed by atoms with Crippen molar-refractivity contribution in [3.63, 3.8) is 0 Å². The molecular formula is C8H15ClO2. The summed E-state index contributed by atoms with van der Waals surface area (Å²) in [5.41, 5.74) is 0.0918. The van der Waals surface area contributed by atoms with Crippen molar-refractivity contribution in [2.24, 2.45) is 5.41 Å². The van der Waals surface area contributed by atoms with Crippen molar-refractivity contribution >= 4 is 11.6 Å². The quantitative estimate of drug-likeness (QED) is 0.613. The van der Waals surface area contributed by atoms with E-state index in [0.29, 0.717) is 5.88 Å². The maximum absolute atomic E-state index is 5.86. The predicted molar refractivity (Wildman–Crippen MR) is 45.1 cm³/mol. The van der Waals surface area contributed by atoms with Crippen LogP contribution in [0.4, 0.5) is 0 Å². The van der Waals surface area contributed by atoms with Crippen LogP contribution in [0, 0.1) is 5.41 Å². The Morgan fingerprint density at radius 3 is 2.91 bits per heavy atom. The highest BCUT2D eigenvalue weighted by atomic mass is 35.5. The molecule has 1 unspecified atom stereocenters. The Balaban J connectivity index is 2.42. The minimum Gasteiger partial charge on any atom is -0.384 e. The van der Waals surface area contributed by atoms with E-state index < -0.39 is 0 Å². The summed E-state index contributed by atoms with van der Waals surface area (Å²) in [6, 6.07) is 0. The molecule has 1 atom stereocenters. The maximum Gasteiger partial charge on any atom is 0.0556 e. The Bertz CT molecular complexity index is 105. The van der Waals surface area contributed by atoms with Crippen molar-refractivity contribution in [1.29, 1.82) is 0 Å². The number of ether oxygens (including phenoxy) is 2. The number of methoxy groups -OCH3 is 1. The maximum atomic E-state index is 5.86. The molecular weight excluding hydrogens is 164 g/mol. The average Bonchev–Trinajstić information content (AvgIpc) is 2.07. The number of halogens is 1. The first-order chi connectivity index (χ1) is 5.33. The molecule has 0 bridgehead atoms. The molecule has 1 saturated heterocycles. The lowest BCUT2D eigenvalue weighted by Crippen LogP contribution is -2.37. The molecule has 0 N–H and O–H groups in total. The van der Waals surface area contributed by atoms with Gasteiger partial charge in [0.05, 0.1) is 13.2 Å². The average molecular weight is 179 g/mol. The first-order valence-electron chi connectivity index (χ1n) is 3.96. The summed E-state index contributed by atoms with van der Waals surface area (Å²) >= 11 is 5.86. The highest BCUT2D eigenvalue weighted by molar-refractivity contribution is 6.18. The lowest BCUT2D eigenvalue weighted by molar-refractivity contribution is -0.0360. The van der Waals surface area contributed by atoms with Gasteiger partial charge in [0, 0.05) is 25.0 Å². The van der Waals surface area contributed by atoms with Crippen LogP contribution in [0.25, 0.3) is 0 Å². The zero-order chi connectivity index (χ0) is 8.16. The van der Waals surface area contributed by atoms with E-state index in [0.717, 1.165) is 32.7 Å². The van der Waals surface area contributed by atoms with Crippen LogP contribution in [0.2, 0.25) is 0 Å². The molecule has 0 aromatic rings. The fraction of sp³-hybridized carbons (Fsp3) is 1.00. The van der Waals surface area contributed by atoms with Crippen LogP contribution in [0.5, 0.6) is 0 Å². The monoisotopic (exact) mass is 178 g/mol. The topological polar surface area (TPSA) is 18.5 Å². The van der Waals surface area contributed by atoms with Crippen molar-refractivity contribution in [1.82, 2.24) is 0 Å². The minimum atomic E-state index is 0.0918. The molecule has 1 rings (SSSR count). The van der Waals surface area contributed by atoms with E-state index >= 15 is 0 Å². The van der Waals surface area contributed by atoms with Crippen LogP contribution in [0.3, 0.4) is 0 Å². The zero-order valence-corrected chi connectivity index (χ0v) is 7.69. The largest absolute Gasteiger partial charge is 0.384 e. The normalized spacial score (nSPS) is 32.2. The lowest BCUT2D eigenvalue weighted by atomic mass is 9.85. The number of rotatable bonds is 3. The molecule has 0 radical (unpaired) electrons. The standard InChI is InChI=1S/C8H15ClO2/c1-10-6-8(5-9)3-2-4-11-7-8/h2-7H2,1H3. The van der Waals surface area contributed by atoms with Gasteiger partial charge in [-0.25, -0.2) is 0 Å². The van der Waals surface area contributed by atoms with Gasteiger partial charge < -0.3 is 9.47 Å². The van der Waals surface area contributed by atoms with Crippen LogP contribution in [-0.2, 0) is 9.47 Å². The number of alkyl halides is 1. The van der Waals surface area contributed by atoms with Crippen molar-refractivity contribution in [2.45, 2.75) is 12.8 Å². The van der Waals surface area contributed by atoms with E-state index in [-0.39, 0.29) is 5.41 Å². The summed E-state index contributed by atoms with van der Waals surface area (Å²) in [5, 5.41) is 0. The molecule has 0 aliphatic carbocycles. The van der Waals surface area contributed by atoms with Crippen molar-refractivity contribution < 1.29 is 9.47 Å². The minimum absolute atomic E-state index is 0.0918. The zero-order valence-electron chi connectivity index (χ0n) is 6.94. The molecule has 1 heterocycles. The third kappa shape index (κ3) is 2.32. The van der Waals surface area contributed by atoms with E-state index in [1.807, 2.05) is 0 Å². The van der Waals surface area contributed by atoms with E-state index in [9.17, 15) is 0 Å². The summed E-state index contributed by atoms with van der Waals surface area (Å²) in [4.78, 5) is 0. The van der Waals surface area contributed by atoms with Crippen LogP contribution < -0.4 is 0 Å². The molecule has 1 fully saturated rings. The van der Waals surface area contributed by atoms with Gasteiger partial charge in [0.25, 0.3) is 0 Å². The second kappa shape index (κ2) is 4.29. The number of hydrogen-bond donors (Lipinski definition) is 0. The molecule has 11 heavy (non-hydrogen) atoms. The second-order valence-electron chi connectivity index (χ2n) is 3.22. The van der Waals surface area contributed by atoms with Crippen LogP contribution in [0.15, 0.2) is 0 Å². The van der Waals surface area contributed by atoms with E-state index in [2.05, 4.69) is 0 Å². The molecule has 0 spiro atoms. The first-order valence-corrected chi connectivity index (χ1v) is 4.49. The fourth-order valence-corrected chi connectivity index (χ4v) is 1.76. The lowest BCUT2D eigenvalue weighted by Gasteiger charge is -2.34. The first kappa shape index (κ1) is 9.30. The Morgan fingerprint density at radius 2 is 2.45 bits per heavy atom. The Hall–Kier alpha value is 0.210. The van der Waals surface area contributed by atoms with E-state index in [1.165, 1.54) is 0 Å². The highest BCUT2D eigenvalue weighted by Crippen LogP contribution is 2.29. The van der Waals surface area contributed by atoms with Crippen LogP contribution in [0.1, 0.15) is 12.8 Å². The van der Waals surface area contributed by atoms with Gasteiger partial charge in [-0.15, -0.1) is 11.6 Å². The van der Waals surface area contributed by atoms with E-state index in [4.69, 9.17) is 21.1 Å². The van der Waals surface area contributed by atoms with Gasteiger partial charge in [0.1, 0.15) is 0 Å². The summed E-state index contributed by atoms with van der Waals surface area (Å²) in [6.45, 7) is 2.35. The summed E-state index contributed by atoms with van der Waals surface area (Å²) in [5.74, 6) is 0.640. The summed E-state index contributed by atoms with van der Waals surface area (Å²) in [7, 11) is 1.71. The van der Waals surface area contributed by atoms with Gasteiger partial charge in [-0.2, -0.15) is 0 Å². The summed E-state index contributed by atoms with van der Waals surface area (Å²) in [6.07, 6.45) is 2.24. The van der Waals surface area contributed by atoms with Crippen molar-refractivity contribution in [3.05, 3.63) is 0 Å². The van der Waals surface area contributed by atoms with E-state index in [1.54, 1.807) is 7.11 Å². The third-order valence-corrected chi connectivity index (χ3v) is 2.70. The van der Waals surface area contributed by atoms with Gasteiger partial charge in [-0.1, -0.05) is 0 Å². The summed E-state index contributed by atoms with van der Waals surface area (Å²) < 4.78 is 10.5. The van der Waals surface area contributed by atoms with Gasteiger partial charge in [-0.05, 0) is 12.8 Å². The van der Waals surface area contributed by atoms with Crippen LogP contribution >= 0.6 is 11.6 Å². The smallest absolute Gasteiger partial charge is 0.0556 e. The molecule has 0 amide bonds. The molecule has 2 nitrogen and oxygen atoms in total. The van der Waals surface area contributed by atoms with Gasteiger partial charge in [0.2, 0.25) is 0 Å². The molecule has 66 valence electrons. The van der Waals surface area contributed by atoms with Gasteiger partial charge in [-0.3, -0.25) is 0 Å². The van der Waals surface area contributed by atoms with Gasteiger partial charge >= 0.3 is 0 Å². The SMILES string of the molecule is COCC1(CCl)CCCOC1. The van der Waals surface area contributed by atoms with Crippen molar-refractivity contribution in [3.8, 4) is 0 Å². The van der Waals surface area contributed by atoms with Crippen LogP contribution in [-0.4, -0.2) is 32.8 Å². The molecule has 1 aliphatic rings. The molecule has 0 aromatic heterocycles. The second-order valence-corrected chi connectivity index (χ2v) is 3.49. The van der Waals surface area contributed by atoms with Crippen molar-refractivity contribution in [2.75, 3.05) is 32.8 Å². The Kier molecular flexibility index (Phi) is 3.63. The Morgan fingerprint density at radius 1 is 1.64 bits per heavy atom.